The number of nitrogens with one attached hydrogen (secondary N) is 2. The van der Waals surface area contributed by atoms with Crippen LogP contribution in [0.1, 0.15) is 76.1 Å². The van der Waals surface area contributed by atoms with Crippen molar-refractivity contribution in [2.24, 2.45) is 11.3 Å². The Labute approximate surface area is 221 Å². The molecule has 3 aromatic rings. The van der Waals surface area contributed by atoms with Gasteiger partial charge < -0.3 is 15.1 Å². The fraction of sp³-hybridized carbons (Fsp3) is 0.500. The third-order valence-corrected chi connectivity index (χ3v) is 10.7. The molecule has 9 heteroatoms. The van der Waals surface area contributed by atoms with Gasteiger partial charge in [0, 0.05) is 21.9 Å². The van der Waals surface area contributed by atoms with E-state index in [1.807, 2.05) is 32.0 Å². The van der Waals surface area contributed by atoms with Gasteiger partial charge in [-0.25, -0.2) is 8.42 Å². The van der Waals surface area contributed by atoms with Gasteiger partial charge in [-0.05, 0) is 68.6 Å². The predicted octanol–water partition coefficient (Wildman–Crippen LogP) is 5.43. The number of carbonyl (C=O) groups is 2. The van der Waals surface area contributed by atoms with Crippen LogP contribution in [0, 0.1) is 25.2 Å². The Hall–Kier alpha value is -2.65. The van der Waals surface area contributed by atoms with E-state index >= 15 is 0 Å². The summed E-state index contributed by atoms with van der Waals surface area (Å²) in [5.41, 5.74) is 4.05. The van der Waals surface area contributed by atoms with Gasteiger partial charge >= 0.3 is 0 Å². The second-order valence-corrected chi connectivity index (χ2v) is 14.9. The largest absolute Gasteiger partial charge is 0.451 e. The minimum Gasteiger partial charge on any atom is -0.451 e. The summed E-state index contributed by atoms with van der Waals surface area (Å²) in [6, 6.07) is 5.39. The molecular weight excluding hydrogens is 508 g/mol. The number of sulfone groups is 1. The molecule has 0 bridgehead atoms. The number of rotatable bonds is 4. The number of aryl methyl sites for hydroxylation is 2. The molecule has 0 radical (unpaired) electrons. The number of thiophene rings is 1. The Morgan fingerprint density at radius 3 is 2.54 bits per heavy atom. The summed E-state index contributed by atoms with van der Waals surface area (Å²) in [4.78, 5) is 28.1. The van der Waals surface area contributed by atoms with Crippen molar-refractivity contribution in [3.05, 3.63) is 51.1 Å². The summed E-state index contributed by atoms with van der Waals surface area (Å²) in [5, 5.41) is 7.31. The molecule has 1 fully saturated rings. The molecule has 1 aliphatic heterocycles. The molecule has 2 atom stereocenters. The van der Waals surface area contributed by atoms with Crippen LogP contribution in [0.2, 0.25) is 0 Å². The third-order valence-electron chi connectivity index (χ3n) is 7.81. The number of carbonyl (C=O) groups excluding carboxylic acids is 2. The molecule has 2 amide bonds. The first kappa shape index (κ1) is 26.0. The summed E-state index contributed by atoms with van der Waals surface area (Å²) < 4.78 is 29.8. The number of hydrogen-bond acceptors (Lipinski definition) is 6. The molecule has 2 aromatic heterocycles. The molecule has 2 unspecified atom stereocenters. The van der Waals surface area contributed by atoms with E-state index in [2.05, 4.69) is 31.4 Å². The molecule has 2 aliphatic rings. The second kappa shape index (κ2) is 9.27. The van der Waals surface area contributed by atoms with Crippen LogP contribution >= 0.6 is 11.3 Å². The summed E-state index contributed by atoms with van der Waals surface area (Å²) >= 11 is 1.45. The molecule has 37 heavy (non-hydrogen) atoms. The molecule has 1 aliphatic carbocycles. The standard InChI is InChI=1S/C28H34N2O5S2/c1-15-6-9-21-20(12-15)16(2)24(35-21)26(32)30-27-23(25(31)29-18-10-11-37(33,34)14-18)19-8-7-17(28(3,4)5)13-22(19)36-27/h6,9,12,17-18H,7-8,10-11,13-14H2,1-5H3,(H,29,31)(H,30,32). The summed E-state index contributed by atoms with van der Waals surface area (Å²) in [6.45, 7) is 10.6. The highest BCUT2D eigenvalue weighted by Crippen LogP contribution is 2.44. The van der Waals surface area contributed by atoms with Gasteiger partial charge in [0.25, 0.3) is 11.8 Å². The lowest BCUT2D eigenvalue weighted by molar-refractivity contribution is 0.0941. The van der Waals surface area contributed by atoms with Crippen molar-refractivity contribution >= 4 is 49.0 Å². The Morgan fingerprint density at radius 2 is 1.86 bits per heavy atom. The van der Waals surface area contributed by atoms with Gasteiger partial charge in [0.1, 0.15) is 10.6 Å². The lowest BCUT2D eigenvalue weighted by Gasteiger charge is -2.33. The minimum atomic E-state index is -3.13. The van der Waals surface area contributed by atoms with Gasteiger partial charge in [0.15, 0.2) is 15.6 Å². The molecule has 0 spiro atoms. The van der Waals surface area contributed by atoms with Crippen LogP contribution in [-0.2, 0) is 22.7 Å². The Bertz CT molecular complexity index is 1510. The fourth-order valence-electron chi connectivity index (χ4n) is 5.53. The molecule has 198 valence electrons. The molecule has 1 aromatic carbocycles. The predicted molar refractivity (Wildman–Crippen MR) is 147 cm³/mol. The highest BCUT2D eigenvalue weighted by molar-refractivity contribution is 7.91. The van der Waals surface area contributed by atoms with Crippen LogP contribution in [0.5, 0.6) is 0 Å². The molecule has 5 rings (SSSR count). The zero-order valence-electron chi connectivity index (χ0n) is 22.0. The van der Waals surface area contributed by atoms with E-state index in [1.165, 1.54) is 11.3 Å². The van der Waals surface area contributed by atoms with E-state index in [4.69, 9.17) is 4.42 Å². The monoisotopic (exact) mass is 542 g/mol. The van der Waals surface area contributed by atoms with Gasteiger partial charge in [-0.15, -0.1) is 11.3 Å². The van der Waals surface area contributed by atoms with Crippen molar-refractivity contribution in [3.8, 4) is 0 Å². The normalized spacial score (nSPS) is 21.1. The Balaban J connectivity index is 1.48. The number of benzene rings is 1. The van der Waals surface area contributed by atoms with Crippen molar-refractivity contribution in [3.63, 3.8) is 0 Å². The van der Waals surface area contributed by atoms with E-state index in [9.17, 15) is 18.0 Å². The van der Waals surface area contributed by atoms with E-state index in [0.29, 0.717) is 28.5 Å². The number of furan rings is 1. The molecule has 0 saturated carbocycles. The van der Waals surface area contributed by atoms with Gasteiger partial charge in [0.05, 0.1) is 17.1 Å². The van der Waals surface area contributed by atoms with Crippen molar-refractivity contribution in [1.82, 2.24) is 5.32 Å². The second-order valence-electron chi connectivity index (χ2n) is 11.6. The molecule has 2 N–H and O–H groups in total. The molecule has 1 saturated heterocycles. The van der Waals surface area contributed by atoms with E-state index in [0.717, 1.165) is 46.2 Å². The summed E-state index contributed by atoms with van der Waals surface area (Å²) in [5.74, 6) is 0.0280. The highest BCUT2D eigenvalue weighted by atomic mass is 32.2. The number of anilines is 1. The van der Waals surface area contributed by atoms with Crippen LogP contribution in [0.25, 0.3) is 11.0 Å². The van der Waals surface area contributed by atoms with Crippen molar-refractivity contribution in [2.45, 2.75) is 66.3 Å². The molecule has 3 heterocycles. The van der Waals surface area contributed by atoms with Gasteiger partial charge in [-0.3, -0.25) is 9.59 Å². The number of fused-ring (bicyclic) bond motifs is 2. The first-order valence-corrected chi connectivity index (χ1v) is 15.4. The Morgan fingerprint density at radius 1 is 1.11 bits per heavy atom. The van der Waals surface area contributed by atoms with Crippen molar-refractivity contribution < 1.29 is 22.4 Å². The van der Waals surface area contributed by atoms with Gasteiger partial charge in [-0.2, -0.15) is 0 Å². The van der Waals surface area contributed by atoms with Gasteiger partial charge in [0.2, 0.25) is 0 Å². The van der Waals surface area contributed by atoms with Crippen LogP contribution in [-0.4, -0.2) is 37.8 Å². The van der Waals surface area contributed by atoms with E-state index in [1.54, 1.807) is 0 Å². The van der Waals surface area contributed by atoms with Crippen molar-refractivity contribution in [2.75, 3.05) is 16.8 Å². The maximum atomic E-state index is 13.5. The zero-order chi connectivity index (χ0) is 26.7. The maximum Gasteiger partial charge on any atom is 0.292 e. The van der Waals surface area contributed by atoms with E-state index in [-0.39, 0.29) is 28.6 Å². The maximum absolute atomic E-state index is 13.5. The van der Waals surface area contributed by atoms with Crippen molar-refractivity contribution in [1.29, 1.82) is 0 Å². The zero-order valence-corrected chi connectivity index (χ0v) is 23.6. The topological polar surface area (TPSA) is 105 Å². The third kappa shape index (κ3) is 5.08. The smallest absolute Gasteiger partial charge is 0.292 e. The van der Waals surface area contributed by atoms with Crippen LogP contribution in [0.15, 0.2) is 22.6 Å². The molecule has 7 nitrogen and oxygen atoms in total. The number of hydrogen-bond donors (Lipinski definition) is 2. The lowest BCUT2D eigenvalue weighted by atomic mass is 9.72. The average Bonchev–Trinajstić information content (AvgIpc) is 3.45. The SMILES string of the molecule is Cc1ccc2oc(C(=O)Nc3sc4c(c3C(=O)NC3CCS(=O)(=O)C3)CCC(C(C)(C)C)C4)c(C)c2c1. The van der Waals surface area contributed by atoms with E-state index < -0.39 is 21.8 Å². The van der Waals surface area contributed by atoms with Crippen LogP contribution < -0.4 is 10.6 Å². The van der Waals surface area contributed by atoms with Crippen LogP contribution in [0.4, 0.5) is 5.00 Å². The number of amides is 2. The quantitative estimate of drug-likeness (QED) is 0.457. The minimum absolute atomic E-state index is 0.0452. The summed E-state index contributed by atoms with van der Waals surface area (Å²) in [6.07, 6.45) is 2.96. The summed E-state index contributed by atoms with van der Waals surface area (Å²) in [7, 11) is -3.13. The first-order valence-electron chi connectivity index (χ1n) is 12.8. The fourth-order valence-corrected chi connectivity index (χ4v) is 8.52. The van der Waals surface area contributed by atoms with Crippen LogP contribution in [0.3, 0.4) is 0 Å². The Kier molecular flexibility index (Phi) is 6.51. The average molecular weight is 543 g/mol. The van der Waals surface area contributed by atoms with Gasteiger partial charge in [-0.1, -0.05) is 32.4 Å². The lowest BCUT2D eigenvalue weighted by Crippen LogP contribution is -2.36. The highest BCUT2D eigenvalue weighted by Gasteiger charge is 2.36. The molecular formula is C28H34N2O5S2. The first-order chi connectivity index (χ1) is 17.3.